The summed E-state index contributed by atoms with van der Waals surface area (Å²) in [7, 11) is 0. The number of ketones is 1. The van der Waals surface area contributed by atoms with E-state index in [1.807, 2.05) is 13.8 Å². The van der Waals surface area contributed by atoms with Crippen molar-refractivity contribution in [1.29, 1.82) is 0 Å². The first kappa shape index (κ1) is 22.3. The maximum Gasteiger partial charge on any atom is 0.341 e. The fourth-order valence-electron chi connectivity index (χ4n) is 2.05. The van der Waals surface area contributed by atoms with Crippen molar-refractivity contribution >= 4 is 29.4 Å². The van der Waals surface area contributed by atoms with E-state index < -0.39 is 18.0 Å². The molecule has 0 radical (unpaired) electrons. The zero-order chi connectivity index (χ0) is 19.4. The van der Waals surface area contributed by atoms with Crippen LogP contribution < -0.4 is 0 Å². The van der Waals surface area contributed by atoms with E-state index >= 15 is 0 Å². The Bertz CT molecular complexity index is 608. The fourth-order valence-corrected chi connectivity index (χ4v) is 2.24. The first-order chi connectivity index (χ1) is 12.5. The summed E-state index contributed by atoms with van der Waals surface area (Å²) in [5, 5.41) is 0.427. The van der Waals surface area contributed by atoms with Gasteiger partial charge in [-0.1, -0.05) is 29.8 Å². The van der Waals surface area contributed by atoms with Gasteiger partial charge >= 0.3 is 5.97 Å². The SMILES string of the molecule is CCOC(=O)C(=Cc1ccccc1Cl)C(=O)COCC(OCC)OCC. The van der Waals surface area contributed by atoms with Crippen LogP contribution in [-0.2, 0) is 28.5 Å². The average Bonchev–Trinajstić information content (AvgIpc) is 2.61. The number of ether oxygens (including phenoxy) is 4. The van der Waals surface area contributed by atoms with E-state index in [0.717, 1.165) is 0 Å². The zero-order valence-corrected chi connectivity index (χ0v) is 16.1. The molecule has 0 heterocycles. The number of rotatable bonds is 12. The van der Waals surface area contributed by atoms with Gasteiger partial charge in [0.25, 0.3) is 0 Å². The van der Waals surface area contributed by atoms with Crippen molar-refractivity contribution < 1.29 is 28.5 Å². The maximum absolute atomic E-state index is 12.5. The highest BCUT2D eigenvalue weighted by Crippen LogP contribution is 2.19. The first-order valence-electron chi connectivity index (χ1n) is 8.50. The molecule has 0 spiro atoms. The summed E-state index contributed by atoms with van der Waals surface area (Å²) in [4.78, 5) is 24.6. The molecular formula is C19H25ClO6. The van der Waals surface area contributed by atoms with E-state index in [4.69, 9.17) is 30.5 Å². The summed E-state index contributed by atoms with van der Waals surface area (Å²) < 4.78 is 21.0. The van der Waals surface area contributed by atoms with Gasteiger partial charge in [0.05, 0.1) is 13.2 Å². The molecule has 0 aliphatic heterocycles. The van der Waals surface area contributed by atoms with Gasteiger partial charge in [-0.15, -0.1) is 0 Å². The molecule has 0 amide bonds. The average molecular weight is 385 g/mol. The second-order valence-electron chi connectivity index (χ2n) is 5.08. The van der Waals surface area contributed by atoms with Crippen molar-refractivity contribution in [2.75, 3.05) is 33.0 Å². The van der Waals surface area contributed by atoms with E-state index in [1.54, 1.807) is 31.2 Å². The monoisotopic (exact) mass is 384 g/mol. The predicted molar refractivity (Wildman–Crippen MR) is 98.9 cm³/mol. The molecule has 26 heavy (non-hydrogen) atoms. The molecule has 0 bridgehead atoms. The summed E-state index contributed by atoms with van der Waals surface area (Å²) in [5.74, 6) is -1.22. The molecular weight excluding hydrogens is 360 g/mol. The van der Waals surface area contributed by atoms with Gasteiger partial charge in [-0.3, -0.25) is 4.79 Å². The van der Waals surface area contributed by atoms with Crippen LogP contribution in [0.15, 0.2) is 29.8 Å². The van der Waals surface area contributed by atoms with Crippen LogP contribution in [0.5, 0.6) is 0 Å². The molecule has 0 fully saturated rings. The van der Waals surface area contributed by atoms with E-state index in [1.165, 1.54) is 6.08 Å². The third-order valence-electron chi connectivity index (χ3n) is 3.19. The van der Waals surface area contributed by atoms with Crippen LogP contribution in [-0.4, -0.2) is 51.1 Å². The van der Waals surface area contributed by atoms with Crippen LogP contribution >= 0.6 is 11.6 Å². The van der Waals surface area contributed by atoms with E-state index in [-0.39, 0.29) is 25.4 Å². The molecule has 0 saturated heterocycles. The second-order valence-corrected chi connectivity index (χ2v) is 5.49. The number of hydrogen-bond donors (Lipinski definition) is 0. The second kappa shape index (κ2) is 12.6. The highest BCUT2D eigenvalue weighted by Gasteiger charge is 2.21. The molecule has 0 aromatic heterocycles. The number of carbonyl (C=O) groups excluding carboxylic acids is 2. The Balaban J connectivity index is 2.82. The highest BCUT2D eigenvalue weighted by molar-refractivity contribution is 6.32. The van der Waals surface area contributed by atoms with Crippen molar-refractivity contribution in [3.8, 4) is 0 Å². The lowest BCUT2D eigenvalue weighted by Gasteiger charge is -2.16. The summed E-state index contributed by atoms with van der Waals surface area (Å²) in [6.07, 6.45) is 0.852. The Morgan fingerprint density at radius 2 is 1.73 bits per heavy atom. The lowest BCUT2D eigenvalue weighted by molar-refractivity contribution is -0.168. The standard InChI is InChI=1S/C19H25ClO6/c1-4-24-18(25-5-2)13-23-12-17(21)15(19(22)26-6-3)11-14-9-7-8-10-16(14)20/h7-11,18H,4-6,12-13H2,1-3H3. The minimum atomic E-state index is -0.716. The third-order valence-corrected chi connectivity index (χ3v) is 3.54. The molecule has 1 aromatic rings. The molecule has 7 heteroatoms. The number of Topliss-reactive ketones (excluding diaryl/α,β-unsaturated/α-hetero) is 1. The molecule has 0 N–H and O–H groups in total. The summed E-state index contributed by atoms with van der Waals surface area (Å²) in [5.41, 5.74) is 0.427. The zero-order valence-electron chi connectivity index (χ0n) is 15.3. The predicted octanol–water partition coefficient (Wildman–Crippen LogP) is 3.27. The molecule has 0 aliphatic carbocycles. The molecule has 0 saturated carbocycles. The van der Waals surface area contributed by atoms with Crippen molar-refractivity contribution in [3.05, 3.63) is 40.4 Å². The smallest absolute Gasteiger partial charge is 0.341 e. The summed E-state index contributed by atoms with van der Waals surface area (Å²) in [6, 6.07) is 6.90. The number of hydrogen-bond acceptors (Lipinski definition) is 6. The Labute approximate surface area is 159 Å². The highest BCUT2D eigenvalue weighted by atomic mass is 35.5. The Morgan fingerprint density at radius 1 is 1.08 bits per heavy atom. The Kier molecular flexibility index (Phi) is 10.8. The molecule has 1 rings (SSSR count). The van der Waals surface area contributed by atoms with E-state index in [0.29, 0.717) is 23.8 Å². The van der Waals surface area contributed by atoms with Gasteiger partial charge in [0, 0.05) is 18.2 Å². The van der Waals surface area contributed by atoms with Crippen molar-refractivity contribution in [2.45, 2.75) is 27.1 Å². The van der Waals surface area contributed by atoms with Gasteiger partial charge in [0.2, 0.25) is 0 Å². The lowest BCUT2D eigenvalue weighted by atomic mass is 10.1. The Hall–Kier alpha value is -1.73. The van der Waals surface area contributed by atoms with E-state index in [2.05, 4.69) is 0 Å². The normalized spacial score (nSPS) is 11.7. The largest absolute Gasteiger partial charge is 0.462 e. The molecule has 1 aromatic carbocycles. The van der Waals surface area contributed by atoms with Gasteiger partial charge in [-0.25, -0.2) is 4.79 Å². The van der Waals surface area contributed by atoms with Crippen molar-refractivity contribution in [2.24, 2.45) is 0 Å². The Morgan fingerprint density at radius 3 is 2.31 bits per heavy atom. The summed E-state index contributed by atoms with van der Waals surface area (Å²) >= 11 is 6.10. The molecule has 0 atom stereocenters. The van der Waals surface area contributed by atoms with Gasteiger partial charge in [-0.2, -0.15) is 0 Å². The van der Waals surface area contributed by atoms with Crippen LogP contribution in [0, 0.1) is 0 Å². The van der Waals surface area contributed by atoms with Crippen LogP contribution in [0.1, 0.15) is 26.3 Å². The summed E-state index contributed by atoms with van der Waals surface area (Å²) in [6.45, 7) is 6.20. The van der Waals surface area contributed by atoms with Crippen LogP contribution in [0.4, 0.5) is 0 Å². The quantitative estimate of drug-likeness (QED) is 0.181. The van der Waals surface area contributed by atoms with Crippen molar-refractivity contribution in [1.82, 2.24) is 0 Å². The van der Waals surface area contributed by atoms with Gasteiger partial charge in [-0.05, 0) is 38.5 Å². The first-order valence-corrected chi connectivity index (χ1v) is 8.88. The molecule has 0 unspecified atom stereocenters. The van der Waals surface area contributed by atoms with Gasteiger partial charge in [0.15, 0.2) is 12.1 Å². The number of benzene rings is 1. The van der Waals surface area contributed by atoms with Crippen LogP contribution in [0.2, 0.25) is 5.02 Å². The van der Waals surface area contributed by atoms with Gasteiger partial charge in [0.1, 0.15) is 12.2 Å². The van der Waals surface area contributed by atoms with Crippen LogP contribution in [0.3, 0.4) is 0 Å². The number of esters is 1. The topological polar surface area (TPSA) is 71.1 Å². The maximum atomic E-state index is 12.5. The molecule has 6 nitrogen and oxygen atoms in total. The third kappa shape index (κ3) is 7.66. The van der Waals surface area contributed by atoms with Crippen molar-refractivity contribution in [3.63, 3.8) is 0 Å². The molecule has 144 valence electrons. The molecule has 0 aliphatic rings. The van der Waals surface area contributed by atoms with Gasteiger partial charge < -0.3 is 18.9 Å². The van der Waals surface area contributed by atoms with Crippen LogP contribution in [0.25, 0.3) is 6.08 Å². The fraction of sp³-hybridized carbons (Fsp3) is 0.474. The number of halogens is 1. The number of carbonyl (C=O) groups is 2. The minimum Gasteiger partial charge on any atom is -0.462 e. The lowest BCUT2D eigenvalue weighted by Crippen LogP contribution is -2.26. The minimum absolute atomic E-state index is 0.0790. The van der Waals surface area contributed by atoms with E-state index in [9.17, 15) is 9.59 Å².